The molecule has 0 aromatic heterocycles. The number of hydrogen-bond acceptors (Lipinski definition) is 5. The van der Waals surface area contributed by atoms with Gasteiger partial charge in [0, 0.05) is 25.7 Å². The molecule has 1 aromatic carbocycles. The van der Waals surface area contributed by atoms with Gasteiger partial charge >= 0.3 is 5.78 Å². The maximum atomic E-state index is 11.5. The molecule has 0 saturated heterocycles. The third-order valence-corrected chi connectivity index (χ3v) is 4.44. The van der Waals surface area contributed by atoms with E-state index in [-0.39, 0.29) is 24.3 Å². The van der Waals surface area contributed by atoms with Crippen LogP contribution in [0.4, 0.5) is 0 Å². The quantitative estimate of drug-likeness (QED) is 0.229. The molecule has 190 valence electrons. The number of rotatable bonds is 8. The number of nitrogens with zero attached hydrogens (tertiary/aromatic N) is 2. The third-order valence-electron chi connectivity index (χ3n) is 4.22. The highest BCUT2D eigenvalue weighted by molar-refractivity contribution is 6.27. The lowest BCUT2D eigenvalue weighted by molar-refractivity contribution is -0.170. The van der Waals surface area contributed by atoms with Gasteiger partial charge in [-0.3, -0.25) is 24.1 Å². The van der Waals surface area contributed by atoms with Crippen LogP contribution < -0.4 is 4.74 Å². The molecular weight excluding hydrogens is 472 g/mol. The standard InChI is InChI=1S/C13H17NO3.C9H8O.C4H8ClNO2/c1-4-7-11-8-5-6-9-12(11)17-10-13(15)14(2)16-3;1-2-5-8-6-3-4-7-9(8)10;1-6(8-2)4(7)3-5/h4-9H,10H2,1-3H3;2-7H,1H2;3H2,1-2H3/p+1. The summed E-state index contributed by atoms with van der Waals surface area (Å²) in [7, 11) is 5.89. The predicted octanol–water partition coefficient (Wildman–Crippen LogP) is 4.13. The van der Waals surface area contributed by atoms with Crippen LogP contribution in [0.15, 0.2) is 78.9 Å². The van der Waals surface area contributed by atoms with E-state index in [2.05, 4.69) is 11.4 Å². The van der Waals surface area contributed by atoms with E-state index in [4.69, 9.17) is 26.0 Å². The fourth-order valence-electron chi connectivity index (χ4n) is 2.20. The molecule has 0 saturated carbocycles. The summed E-state index contributed by atoms with van der Waals surface area (Å²) in [4.78, 5) is 40.3. The molecule has 0 atom stereocenters. The van der Waals surface area contributed by atoms with Gasteiger partial charge in [-0.1, -0.05) is 55.2 Å². The van der Waals surface area contributed by atoms with Crippen molar-refractivity contribution in [2.75, 3.05) is 40.8 Å². The summed E-state index contributed by atoms with van der Waals surface area (Å²) in [6, 6.07) is 7.55. The minimum absolute atomic E-state index is 0.0374. The number of likely N-dealkylation sites (N-methyl/N-ethyl adjacent to an activating group) is 1. The summed E-state index contributed by atoms with van der Waals surface area (Å²) < 4.78 is 5.45. The normalized spacial score (nSPS) is 12.9. The van der Waals surface area contributed by atoms with Crippen molar-refractivity contribution >= 4 is 35.3 Å². The lowest BCUT2D eigenvalue weighted by atomic mass is 10.1. The van der Waals surface area contributed by atoms with Gasteiger partial charge < -0.3 is 4.74 Å². The predicted molar refractivity (Wildman–Crippen MR) is 140 cm³/mol. The van der Waals surface area contributed by atoms with E-state index in [0.29, 0.717) is 11.5 Å². The number of ether oxygens (including phenoxy) is 1. The minimum atomic E-state index is -0.242. The van der Waals surface area contributed by atoms with E-state index in [0.717, 1.165) is 21.3 Å². The Bertz CT molecular complexity index is 953. The van der Waals surface area contributed by atoms with Gasteiger partial charge in [-0.25, -0.2) is 10.1 Å². The first kappa shape index (κ1) is 31.5. The van der Waals surface area contributed by atoms with Gasteiger partial charge in [-0.15, -0.1) is 11.6 Å². The molecule has 0 bridgehead atoms. The summed E-state index contributed by atoms with van der Waals surface area (Å²) in [5.74, 6) is 0.465. The second kappa shape index (κ2) is 18.9. The highest BCUT2D eigenvalue weighted by Crippen LogP contribution is 2.19. The van der Waals surface area contributed by atoms with Gasteiger partial charge in [0.15, 0.2) is 6.61 Å². The summed E-state index contributed by atoms with van der Waals surface area (Å²) in [5.41, 5.74) is 1.75. The molecular formula is C26H34ClN2O6+. The Hall–Kier alpha value is -3.46. The minimum Gasteiger partial charge on any atom is -0.483 e. The Morgan fingerprint density at radius 2 is 1.66 bits per heavy atom. The fourth-order valence-corrected chi connectivity index (χ4v) is 2.37. The molecule has 0 aliphatic heterocycles. The zero-order valence-corrected chi connectivity index (χ0v) is 21.6. The number of hydrogen-bond donors (Lipinski definition) is 0. The van der Waals surface area contributed by atoms with Crippen LogP contribution in [0.25, 0.3) is 6.08 Å². The first-order valence-corrected chi connectivity index (χ1v) is 11.0. The average molecular weight is 506 g/mol. The molecule has 0 heterocycles. The zero-order valence-electron chi connectivity index (χ0n) is 20.8. The largest absolute Gasteiger partial charge is 0.483 e. The molecule has 0 radical (unpaired) electrons. The van der Waals surface area contributed by atoms with Gasteiger partial charge in [0.1, 0.15) is 11.6 Å². The molecule has 0 spiro atoms. The van der Waals surface area contributed by atoms with E-state index < -0.39 is 0 Å². The molecule has 1 aliphatic carbocycles. The number of hydroxylamine groups is 4. The van der Waals surface area contributed by atoms with Crippen LogP contribution in [-0.2, 0) is 19.3 Å². The van der Waals surface area contributed by atoms with Crippen molar-refractivity contribution in [3.63, 3.8) is 0 Å². The number of benzene rings is 1. The van der Waals surface area contributed by atoms with Crippen LogP contribution in [0.3, 0.4) is 0 Å². The van der Waals surface area contributed by atoms with Crippen LogP contribution >= 0.6 is 11.6 Å². The van der Waals surface area contributed by atoms with Crippen molar-refractivity contribution in [2.45, 2.75) is 6.92 Å². The van der Waals surface area contributed by atoms with Crippen molar-refractivity contribution in [3.8, 4) is 5.75 Å². The molecule has 1 aliphatic rings. The topological polar surface area (TPSA) is 89.7 Å². The Kier molecular flexibility index (Phi) is 17.0. The monoisotopic (exact) mass is 505 g/mol. The molecule has 2 rings (SSSR count). The number of para-hydroxylation sites is 1. The number of ketones is 1. The second-order valence-electron chi connectivity index (χ2n) is 6.57. The van der Waals surface area contributed by atoms with Gasteiger partial charge in [0.2, 0.25) is 0 Å². The first-order chi connectivity index (χ1) is 16.7. The van der Waals surface area contributed by atoms with Gasteiger partial charge in [-0.2, -0.15) is 0 Å². The molecule has 0 unspecified atom stereocenters. The Morgan fingerprint density at radius 3 is 2.17 bits per heavy atom. The summed E-state index contributed by atoms with van der Waals surface area (Å²) >= 11 is 5.15. The number of alkyl halides is 1. The molecule has 2 amide bonds. The van der Waals surface area contributed by atoms with Crippen molar-refractivity contribution < 1.29 is 28.8 Å². The summed E-state index contributed by atoms with van der Waals surface area (Å²) in [6.07, 6.45) is 14.4. The van der Waals surface area contributed by atoms with Crippen LogP contribution in [0.2, 0.25) is 0 Å². The van der Waals surface area contributed by atoms with Crippen molar-refractivity contribution in [3.05, 3.63) is 84.5 Å². The number of allylic oxidation sites excluding steroid dienone is 8. The van der Waals surface area contributed by atoms with Crippen molar-refractivity contribution in [1.82, 2.24) is 10.1 Å². The number of carbonyl (C=O) groups excluding carboxylic acids is 3. The highest BCUT2D eigenvalue weighted by atomic mass is 35.5. The van der Waals surface area contributed by atoms with E-state index in [1.54, 1.807) is 31.4 Å². The van der Waals surface area contributed by atoms with Crippen LogP contribution in [0, 0.1) is 0 Å². The van der Waals surface area contributed by atoms with Crippen LogP contribution in [0.1, 0.15) is 12.5 Å². The van der Waals surface area contributed by atoms with E-state index in [1.165, 1.54) is 21.3 Å². The van der Waals surface area contributed by atoms with E-state index >= 15 is 0 Å². The first-order valence-electron chi connectivity index (χ1n) is 10.5. The lowest BCUT2D eigenvalue weighted by Gasteiger charge is -2.14. The third kappa shape index (κ3) is 13.1. The highest BCUT2D eigenvalue weighted by Gasteiger charge is 2.10. The SMILES string of the molecule is C=CC=C1C=CC=CC1=[OH+].CC=Cc1ccccc1OCC(=O)N(C)OC.CON(C)C(=O)CCl. The molecule has 9 heteroatoms. The lowest BCUT2D eigenvalue weighted by Crippen LogP contribution is -2.30. The average Bonchev–Trinajstić information content (AvgIpc) is 2.89. The van der Waals surface area contributed by atoms with Crippen LogP contribution in [0.5, 0.6) is 5.75 Å². The smallest absolute Gasteiger partial charge is 0.347 e. The second-order valence-corrected chi connectivity index (χ2v) is 6.84. The Morgan fingerprint density at radius 1 is 1.06 bits per heavy atom. The van der Waals surface area contributed by atoms with E-state index in [1.807, 2.05) is 55.5 Å². The zero-order chi connectivity index (χ0) is 26.6. The van der Waals surface area contributed by atoms with Gasteiger partial charge in [-0.05, 0) is 25.1 Å². The maximum Gasteiger partial charge on any atom is 0.347 e. The van der Waals surface area contributed by atoms with Crippen molar-refractivity contribution in [1.29, 1.82) is 0 Å². The molecule has 0 fully saturated rings. The molecule has 8 nitrogen and oxygen atoms in total. The van der Waals surface area contributed by atoms with Gasteiger partial charge in [0.25, 0.3) is 11.8 Å². The molecule has 1 N–H and O–H groups in total. The maximum absolute atomic E-state index is 11.5. The number of halogens is 1. The van der Waals surface area contributed by atoms with E-state index in [9.17, 15) is 9.59 Å². The number of amides is 2. The number of carbonyl (C=O) groups is 2. The summed E-state index contributed by atoms with van der Waals surface area (Å²) in [5, 5.41) is 2.21. The summed E-state index contributed by atoms with van der Waals surface area (Å²) in [6.45, 7) is 5.42. The van der Waals surface area contributed by atoms with Crippen molar-refractivity contribution in [2.24, 2.45) is 0 Å². The molecule has 35 heavy (non-hydrogen) atoms. The Balaban J connectivity index is 0.000000545. The molecule has 1 aromatic rings. The Labute approximate surface area is 212 Å². The fraction of sp³-hybridized carbons (Fsp3) is 0.269. The van der Waals surface area contributed by atoms with Crippen LogP contribution in [-0.4, -0.2) is 73.3 Å². The van der Waals surface area contributed by atoms with Gasteiger partial charge in [0.05, 0.1) is 19.8 Å².